The lowest BCUT2D eigenvalue weighted by Gasteiger charge is -2.72. The van der Waals surface area contributed by atoms with Gasteiger partial charge in [0, 0.05) is 36.7 Å². The molecular formula is C48H72F2N2O5. The van der Waals surface area contributed by atoms with Crippen LogP contribution in [0.4, 0.5) is 8.78 Å². The van der Waals surface area contributed by atoms with Crippen LogP contribution < -0.4 is 0 Å². The van der Waals surface area contributed by atoms with Crippen LogP contribution in [-0.4, -0.2) is 72.5 Å². The van der Waals surface area contributed by atoms with E-state index in [0.717, 1.165) is 76.8 Å². The molecular weight excluding hydrogens is 723 g/mol. The van der Waals surface area contributed by atoms with Crippen molar-refractivity contribution in [3.8, 4) is 0 Å². The van der Waals surface area contributed by atoms with Crippen molar-refractivity contribution in [2.24, 2.45) is 56.2 Å². The van der Waals surface area contributed by atoms with Crippen LogP contribution in [0.25, 0.3) is 0 Å². The van der Waals surface area contributed by atoms with Crippen LogP contribution in [0.2, 0.25) is 0 Å². The van der Waals surface area contributed by atoms with E-state index in [1.54, 1.807) is 13.8 Å². The van der Waals surface area contributed by atoms with Gasteiger partial charge in [-0.3, -0.25) is 19.3 Å². The van der Waals surface area contributed by atoms with Crippen molar-refractivity contribution in [2.75, 3.05) is 33.7 Å². The van der Waals surface area contributed by atoms with Crippen molar-refractivity contribution in [1.29, 1.82) is 0 Å². The molecule has 4 saturated carbocycles. The highest BCUT2D eigenvalue weighted by Gasteiger charge is 2.70. The quantitative estimate of drug-likeness (QED) is 0.157. The fourth-order valence-electron chi connectivity index (χ4n) is 13.7. The molecule has 0 aromatic heterocycles. The van der Waals surface area contributed by atoms with Crippen molar-refractivity contribution in [3.05, 3.63) is 46.5 Å². The number of allylic oxidation sites excluding steroid dienone is 2. The number of rotatable bonds is 13. The van der Waals surface area contributed by atoms with Gasteiger partial charge in [0.15, 0.2) is 5.78 Å². The number of halogens is 2. The van der Waals surface area contributed by atoms with Crippen molar-refractivity contribution in [2.45, 2.75) is 146 Å². The molecule has 1 aromatic carbocycles. The molecule has 6 rings (SSSR count). The lowest BCUT2D eigenvalue weighted by Crippen LogP contribution is -2.66. The van der Waals surface area contributed by atoms with Crippen molar-refractivity contribution >= 4 is 17.7 Å². The second-order valence-corrected chi connectivity index (χ2v) is 21.7. The monoisotopic (exact) mass is 795 g/mol. The fourth-order valence-corrected chi connectivity index (χ4v) is 13.7. The summed E-state index contributed by atoms with van der Waals surface area (Å²) < 4.78 is 35.0. The van der Waals surface area contributed by atoms with Gasteiger partial charge < -0.3 is 14.7 Å². The highest BCUT2D eigenvalue weighted by atomic mass is 19.1. The van der Waals surface area contributed by atoms with E-state index >= 15 is 4.79 Å². The number of fused-ring (bicyclic) bond motifs is 7. The molecule has 57 heavy (non-hydrogen) atoms. The number of Topliss-reactive ketones (excluding diaryl/α,β-unsaturated/α-hetero) is 1. The van der Waals surface area contributed by atoms with Gasteiger partial charge >= 0.3 is 11.9 Å². The summed E-state index contributed by atoms with van der Waals surface area (Å²) in [5.74, 6) is -0.789. The van der Waals surface area contributed by atoms with E-state index in [-0.39, 0.29) is 53.1 Å². The number of likely N-dealkylation sites (N-methyl/N-ethyl adjacent to an activating group) is 1. The lowest BCUT2D eigenvalue weighted by molar-refractivity contribution is -0.233. The topological polar surface area (TPSA) is 87.2 Å². The molecule has 318 valence electrons. The van der Waals surface area contributed by atoms with Crippen LogP contribution in [-0.2, 0) is 25.7 Å². The molecule has 0 radical (unpaired) electrons. The summed E-state index contributed by atoms with van der Waals surface area (Å²) in [6, 6.07) is 3.75. The Kier molecular flexibility index (Phi) is 11.9. The molecule has 9 heteroatoms. The molecule has 1 aromatic rings. The molecule has 1 N–H and O–H groups in total. The van der Waals surface area contributed by atoms with Gasteiger partial charge in [0.1, 0.15) is 17.7 Å². The Balaban J connectivity index is 1.27. The minimum Gasteiger partial charge on any atom is -0.481 e. The van der Waals surface area contributed by atoms with Gasteiger partial charge in [-0.2, -0.15) is 0 Å². The Hall–Kier alpha value is -2.65. The third-order valence-electron chi connectivity index (χ3n) is 17.2. The molecule has 5 aliphatic rings. The van der Waals surface area contributed by atoms with E-state index < -0.39 is 34.4 Å². The number of hydrogen-bond donors (Lipinski definition) is 1. The summed E-state index contributed by atoms with van der Waals surface area (Å²) in [4.78, 5) is 44.2. The van der Waals surface area contributed by atoms with Gasteiger partial charge in [-0.15, -0.1) is 0 Å². The summed E-state index contributed by atoms with van der Waals surface area (Å²) in [5.41, 5.74) is 1.56. The van der Waals surface area contributed by atoms with Gasteiger partial charge in [-0.05, 0) is 138 Å². The standard InChI is InChI=1S/C48H72F2N2O5/c1-30(2)33-16-21-48(38(53)29-52(25-24-51(10)11)28-31-12-13-32(49)26-35(31)50)23-22-46(8)34(41(33)48)14-15-37-45(7)19-18-39(57-40(54)27-43(3,4)42(55)56)44(5,6)36(45)17-20-47(37,46)9/h12-13,26,30,34,36-37,39H,14-25,27-29H2,1-11H3,(H,55,56)/t34-,36+,37-,39+,45+,46-,47-,48-/m1/s1. The maximum absolute atomic E-state index is 15.1. The number of carbonyl (C=O) groups excluding carboxylic acids is 2. The molecule has 0 saturated heterocycles. The number of carboxylic acid groups (broad SMARTS) is 1. The van der Waals surface area contributed by atoms with Crippen molar-refractivity contribution in [1.82, 2.24) is 9.80 Å². The zero-order valence-corrected chi connectivity index (χ0v) is 37.0. The van der Waals surface area contributed by atoms with Gasteiger partial charge in [-0.25, -0.2) is 8.78 Å². The molecule has 0 aliphatic heterocycles. The number of nitrogens with zero attached hydrogens (tertiary/aromatic N) is 2. The predicted molar refractivity (Wildman–Crippen MR) is 220 cm³/mol. The molecule has 0 amide bonds. The first-order valence-electron chi connectivity index (χ1n) is 21.9. The molecule has 0 bridgehead atoms. The first kappa shape index (κ1) is 43.9. The Labute approximate surface area is 341 Å². The van der Waals surface area contributed by atoms with Crippen LogP contribution in [0.15, 0.2) is 29.3 Å². The van der Waals surface area contributed by atoms with Crippen LogP contribution in [0.1, 0.15) is 139 Å². The van der Waals surface area contributed by atoms with E-state index in [1.165, 1.54) is 23.3 Å². The van der Waals surface area contributed by atoms with E-state index in [9.17, 15) is 23.5 Å². The maximum atomic E-state index is 15.1. The van der Waals surface area contributed by atoms with Crippen molar-refractivity contribution in [3.63, 3.8) is 0 Å². The minimum atomic E-state index is -1.17. The molecule has 0 spiro atoms. The number of benzene rings is 1. The molecule has 0 heterocycles. The molecule has 0 unspecified atom stereocenters. The number of ketones is 1. The van der Waals surface area contributed by atoms with Gasteiger partial charge in [0.05, 0.1) is 23.8 Å². The smallest absolute Gasteiger partial charge is 0.309 e. The zero-order chi connectivity index (χ0) is 42.1. The molecule has 4 fully saturated rings. The Bertz CT molecular complexity index is 1770. The van der Waals surface area contributed by atoms with Crippen LogP contribution in [0.5, 0.6) is 0 Å². The second-order valence-electron chi connectivity index (χ2n) is 21.7. The van der Waals surface area contributed by atoms with E-state index in [0.29, 0.717) is 35.8 Å². The van der Waals surface area contributed by atoms with Gasteiger partial charge in [0.2, 0.25) is 0 Å². The largest absolute Gasteiger partial charge is 0.481 e. The fraction of sp³-hybridized carbons (Fsp3) is 0.771. The zero-order valence-electron chi connectivity index (χ0n) is 37.0. The molecule has 8 atom stereocenters. The number of carbonyl (C=O) groups is 3. The van der Waals surface area contributed by atoms with E-state index in [1.807, 2.05) is 14.1 Å². The average Bonchev–Trinajstić information content (AvgIpc) is 3.51. The first-order valence-corrected chi connectivity index (χ1v) is 21.9. The number of aliphatic carboxylic acids is 1. The van der Waals surface area contributed by atoms with Crippen molar-refractivity contribution < 1.29 is 33.0 Å². The van der Waals surface area contributed by atoms with Crippen LogP contribution in [0, 0.1) is 67.8 Å². The van der Waals surface area contributed by atoms with Crippen LogP contribution in [0.3, 0.4) is 0 Å². The molecule has 7 nitrogen and oxygen atoms in total. The normalized spacial score (nSPS) is 34.8. The number of esters is 1. The number of carboxylic acids is 1. The second kappa shape index (κ2) is 15.4. The minimum absolute atomic E-state index is 0.0191. The highest BCUT2D eigenvalue weighted by Crippen LogP contribution is 2.77. The first-order chi connectivity index (χ1) is 26.4. The summed E-state index contributed by atoms with van der Waals surface area (Å²) in [6.45, 7) is 21.8. The third-order valence-corrected chi connectivity index (χ3v) is 17.2. The van der Waals surface area contributed by atoms with E-state index in [4.69, 9.17) is 4.74 Å². The summed E-state index contributed by atoms with van der Waals surface area (Å²) in [6.07, 6.45) is 9.31. The Morgan fingerprint density at radius 1 is 0.895 bits per heavy atom. The molecule has 5 aliphatic carbocycles. The third kappa shape index (κ3) is 7.46. The Morgan fingerprint density at radius 2 is 1.60 bits per heavy atom. The average molecular weight is 795 g/mol. The maximum Gasteiger partial charge on any atom is 0.309 e. The van der Waals surface area contributed by atoms with Gasteiger partial charge in [0.25, 0.3) is 0 Å². The number of ether oxygens (including phenoxy) is 1. The van der Waals surface area contributed by atoms with Gasteiger partial charge in [-0.1, -0.05) is 65.7 Å². The highest BCUT2D eigenvalue weighted by molar-refractivity contribution is 5.91. The van der Waals surface area contributed by atoms with Crippen LogP contribution >= 0.6 is 0 Å². The summed E-state index contributed by atoms with van der Waals surface area (Å²) in [7, 11) is 4.01. The SMILES string of the molecule is CC(C)C1=C2[C@H]3CC[C@@H]4[C@@]5(C)CC[C@H](OC(=O)CC(C)(C)C(=O)O)C(C)(C)[C@@H]5CC[C@@]4(C)[C@]3(C)CC[C@@]2(C(=O)CN(CCN(C)C)Cc2ccc(F)cc2F)CC1. The summed E-state index contributed by atoms with van der Waals surface area (Å²) >= 11 is 0. The number of hydrogen-bond acceptors (Lipinski definition) is 6. The summed E-state index contributed by atoms with van der Waals surface area (Å²) in [5, 5.41) is 9.64. The lowest BCUT2D eigenvalue weighted by atomic mass is 9.33. The Morgan fingerprint density at radius 3 is 2.23 bits per heavy atom. The van der Waals surface area contributed by atoms with E-state index in [2.05, 4.69) is 58.3 Å². The predicted octanol–water partition coefficient (Wildman–Crippen LogP) is 10.1.